The molecule has 0 aliphatic rings. The van der Waals surface area contributed by atoms with Gasteiger partial charge in [0, 0.05) is 12.1 Å². The van der Waals surface area contributed by atoms with E-state index >= 15 is 0 Å². The Morgan fingerprint density at radius 3 is 2.80 bits per heavy atom. The summed E-state index contributed by atoms with van der Waals surface area (Å²) >= 11 is 0. The summed E-state index contributed by atoms with van der Waals surface area (Å²) in [6.45, 7) is 4.51. The molecule has 3 heteroatoms. The van der Waals surface area contributed by atoms with Gasteiger partial charge in [-0.15, -0.1) is 0 Å². The number of aromatic nitrogens is 1. The van der Waals surface area contributed by atoms with Crippen LogP contribution in [0.1, 0.15) is 16.8 Å². The van der Waals surface area contributed by atoms with Crippen molar-refractivity contribution in [1.29, 1.82) is 0 Å². The van der Waals surface area contributed by atoms with E-state index in [0.29, 0.717) is 12.4 Å². The van der Waals surface area contributed by atoms with E-state index in [0.717, 1.165) is 16.8 Å². The molecule has 2 rings (SSSR count). The molecular formula is C12H14N2O. The predicted octanol–water partition coefficient (Wildman–Crippen LogP) is 2.42. The SMILES string of the molecule is Cc1ccc(C)c(-c2nc(CN)co2)c1. The smallest absolute Gasteiger partial charge is 0.226 e. The minimum Gasteiger partial charge on any atom is -0.444 e. The lowest BCUT2D eigenvalue weighted by Gasteiger charge is -2.02. The summed E-state index contributed by atoms with van der Waals surface area (Å²) in [5.41, 5.74) is 9.66. The Bertz CT molecular complexity index is 474. The van der Waals surface area contributed by atoms with Crippen LogP contribution in [-0.2, 0) is 6.54 Å². The summed E-state index contributed by atoms with van der Waals surface area (Å²) < 4.78 is 5.39. The molecule has 0 amide bonds. The maximum atomic E-state index is 5.49. The molecule has 3 nitrogen and oxygen atoms in total. The van der Waals surface area contributed by atoms with E-state index < -0.39 is 0 Å². The first-order valence-electron chi connectivity index (χ1n) is 4.93. The molecular weight excluding hydrogens is 188 g/mol. The molecule has 0 fully saturated rings. The summed E-state index contributed by atoms with van der Waals surface area (Å²) in [5, 5.41) is 0. The van der Waals surface area contributed by atoms with Crippen LogP contribution in [0.2, 0.25) is 0 Å². The van der Waals surface area contributed by atoms with Crippen LogP contribution in [-0.4, -0.2) is 4.98 Å². The molecule has 0 radical (unpaired) electrons. The van der Waals surface area contributed by atoms with Gasteiger partial charge in [-0.2, -0.15) is 0 Å². The standard InChI is InChI=1S/C12H14N2O/c1-8-3-4-9(2)11(5-8)12-14-10(6-13)7-15-12/h3-5,7H,6,13H2,1-2H3. The number of hydrogen-bond donors (Lipinski definition) is 1. The first kappa shape index (κ1) is 9.93. The summed E-state index contributed by atoms with van der Waals surface area (Å²) in [6.07, 6.45) is 1.61. The van der Waals surface area contributed by atoms with E-state index in [2.05, 4.69) is 30.1 Å². The lowest BCUT2D eigenvalue weighted by atomic mass is 10.1. The van der Waals surface area contributed by atoms with Gasteiger partial charge >= 0.3 is 0 Å². The van der Waals surface area contributed by atoms with Crippen molar-refractivity contribution in [3.05, 3.63) is 41.3 Å². The van der Waals surface area contributed by atoms with E-state index in [1.54, 1.807) is 6.26 Å². The monoisotopic (exact) mass is 202 g/mol. The van der Waals surface area contributed by atoms with Crippen LogP contribution in [0.15, 0.2) is 28.9 Å². The molecule has 78 valence electrons. The molecule has 0 bridgehead atoms. The van der Waals surface area contributed by atoms with Crippen LogP contribution < -0.4 is 5.73 Å². The minimum absolute atomic E-state index is 0.411. The Labute approximate surface area is 88.9 Å². The van der Waals surface area contributed by atoms with Gasteiger partial charge < -0.3 is 10.2 Å². The van der Waals surface area contributed by atoms with Crippen LogP contribution in [0.4, 0.5) is 0 Å². The van der Waals surface area contributed by atoms with E-state index in [-0.39, 0.29) is 0 Å². The van der Waals surface area contributed by atoms with Gasteiger partial charge in [-0.25, -0.2) is 4.98 Å². The van der Waals surface area contributed by atoms with Crippen molar-refractivity contribution in [2.45, 2.75) is 20.4 Å². The molecule has 0 saturated carbocycles. The Kier molecular flexibility index (Phi) is 2.56. The van der Waals surface area contributed by atoms with Crippen molar-refractivity contribution >= 4 is 0 Å². The van der Waals surface area contributed by atoms with Crippen molar-refractivity contribution in [2.75, 3.05) is 0 Å². The molecule has 1 aromatic heterocycles. The molecule has 0 aliphatic carbocycles. The Morgan fingerprint density at radius 1 is 1.33 bits per heavy atom. The maximum absolute atomic E-state index is 5.49. The number of hydrogen-bond acceptors (Lipinski definition) is 3. The fourth-order valence-electron chi connectivity index (χ4n) is 1.49. The highest BCUT2D eigenvalue weighted by atomic mass is 16.3. The van der Waals surface area contributed by atoms with Gasteiger partial charge in [0.05, 0.1) is 5.69 Å². The second-order valence-corrected chi connectivity index (χ2v) is 3.67. The van der Waals surface area contributed by atoms with E-state index in [4.69, 9.17) is 10.2 Å². The number of nitrogens with two attached hydrogens (primary N) is 1. The third kappa shape index (κ3) is 1.92. The Hall–Kier alpha value is -1.61. The number of nitrogens with zero attached hydrogens (tertiary/aromatic N) is 1. The topological polar surface area (TPSA) is 52.0 Å². The molecule has 2 aromatic rings. The van der Waals surface area contributed by atoms with Crippen LogP contribution in [0.5, 0.6) is 0 Å². The third-order valence-electron chi connectivity index (χ3n) is 2.38. The largest absolute Gasteiger partial charge is 0.444 e. The van der Waals surface area contributed by atoms with Gasteiger partial charge in [0.25, 0.3) is 0 Å². The molecule has 15 heavy (non-hydrogen) atoms. The quantitative estimate of drug-likeness (QED) is 0.813. The first-order valence-corrected chi connectivity index (χ1v) is 4.93. The molecule has 0 saturated heterocycles. The number of aryl methyl sites for hydroxylation is 2. The molecule has 2 N–H and O–H groups in total. The maximum Gasteiger partial charge on any atom is 0.226 e. The summed E-state index contributed by atoms with van der Waals surface area (Å²) in [6, 6.07) is 6.21. The summed E-state index contributed by atoms with van der Waals surface area (Å²) in [5.74, 6) is 0.650. The van der Waals surface area contributed by atoms with Crippen LogP contribution in [0.3, 0.4) is 0 Å². The zero-order valence-electron chi connectivity index (χ0n) is 8.95. The van der Waals surface area contributed by atoms with Crippen LogP contribution in [0.25, 0.3) is 11.5 Å². The second kappa shape index (κ2) is 3.87. The molecule has 0 aliphatic heterocycles. The number of rotatable bonds is 2. The molecule has 0 unspecified atom stereocenters. The number of oxazole rings is 1. The van der Waals surface area contributed by atoms with Gasteiger partial charge in [-0.05, 0) is 25.5 Å². The summed E-state index contributed by atoms with van der Waals surface area (Å²) in [7, 11) is 0. The molecule has 1 aromatic carbocycles. The fraction of sp³-hybridized carbons (Fsp3) is 0.250. The zero-order chi connectivity index (χ0) is 10.8. The van der Waals surface area contributed by atoms with Crippen molar-refractivity contribution < 1.29 is 4.42 Å². The summed E-state index contributed by atoms with van der Waals surface area (Å²) in [4.78, 5) is 4.31. The van der Waals surface area contributed by atoms with E-state index in [1.165, 1.54) is 5.56 Å². The Balaban J connectivity index is 2.48. The average molecular weight is 202 g/mol. The third-order valence-corrected chi connectivity index (χ3v) is 2.38. The first-order chi connectivity index (χ1) is 7.20. The highest BCUT2D eigenvalue weighted by Crippen LogP contribution is 2.23. The van der Waals surface area contributed by atoms with Gasteiger partial charge in [0.2, 0.25) is 5.89 Å². The van der Waals surface area contributed by atoms with Crippen LogP contribution >= 0.6 is 0 Å². The van der Waals surface area contributed by atoms with Gasteiger partial charge in [0.15, 0.2) is 0 Å². The van der Waals surface area contributed by atoms with Gasteiger partial charge in [-0.3, -0.25) is 0 Å². The number of benzene rings is 1. The second-order valence-electron chi connectivity index (χ2n) is 3.67. The van der Waals surface area contributed by atoms with Crippen LogP contribution in [0, 0.1) is 13.8 Å². The molecule has 0 spiro atoms. The molecule has 0 atom stereocenters. The normalized spacial score (nSPS) is 10.6. The molecule has 1 heterocycles. The predicted molar refractivity (Wildman–Crippen MR) is 59.3 cm³/mol. The average Bonchev–Trinajstić information content (AvgIpc) is 2.70. The van der Waals surface area contributed by atoms with Gasteiger partial charge in [0.1, 0.15) is 6.26 Å². The Morgan fingerprint density at radius 2 is 2.13 bits per heavy atom. The highest BCUT2D eigenvalue weighted by molar-refractivity contribution is 5.59. The van der Waals surface area contributed by atoms with Crippen molar-refractivity contribution in [1.82, 2.24) is 4.98 Å². The lowest BCUT2D eigenvalue weighted by Crippen LogP contribution is -1.95. The van der Waals surface area contributed by atoms with Gasteiger partial charge in [-0.1, -0.05) is 17.7 Å². The minimum atomic E-state index is 0.411. The van der Waals surface area contributed by atoms with Crippen molar-refractivity contribution in [3.8, 4) is 11.5 Å². The van der Waals surface area contributed by atoms with Crippen molar-refractivity contribution in [3.63, 3.8) is 0 Å². The lowest BCUT2D eigenvalue weighted by molar-refractivity contribution is 0.572. The van der Waals surface area contributed by atoms with E-state index in [1.807, 2.05) is 6.92 Å². The highest BCUT2D eigenvalue weighted by Gasteiger charge is 2.08. The zero-order valence-corrected chi connectivity index (χ0v) is 8.95. The van der Waals surface area contributed by atoms with Crippen molar-refractivity contribution in [2.24, 2.45) is 5.73 Å². The fourth-order valence-corrected chi connectivity index (χ4v) is 1.49. The van der Waals surface area contributed by atoms with E-state index in [9.17, 15) is 0 Å².